The van der Waals surface area contributed by atoms with Crippen molar-refractivity contribution >= 4 is 6.09 Å². The number of hydrogen-bond donors (Lipinski definition) is 1. The fraction of sp³-hybridized carbons (Fsp3) is 0.588. The molecule has 21 heavy (non-hydrogen) atoms. The van der Waals surface area contributed by atoms with Gasteiger partial charge in [0.05, 0.1) is 12.6 Å². The molecule has 0 saturated heterocycles. The fourth-order valence-electron chi connectivity index (χ4n) is 2.26. The minimum absolute atomic E-state index is 0.187. The number of alkyl carbamates (subject to hydrolysis) is 1. The van der Waals surface area contributed by atoms with E-state index in [1.165, 1.54) is 0 Å². The van der Waals surface area contributed by atoms with Crippen LogP contribution in [-0.4, -0.2) is 25.4 Å². The maximum atomic E-state index is 12.1. The van der Waals surface area contributed by atoms with Crippen LogP contribution >= 0.6 is 0 Å². The molecule has 0 fully saturated rings. The van der Waals surface area contributed by atoms with Gasteiger partial charge >= 0.3 is 6.09 Å². The molecule has 0 saturated carbocycles. The topological polar surface area (TPSA) is 47.6 Å². The Labute approximate surface area is 127 Å². The molecule has 0 aliphatic carbocycles. The lowest BCUT2D eigenvalue weighted by molar-refractivity contribution is 0.0352. The largest absolute Gasteiger partial charge is 0.444 e. The van der Waals surface area contributed by atoms with Gasteiger partial charge in [-0.05, 0) is 26.3 Å². The van der Waals surface area contributed by atoms with Gasteiger partial charge in [0, 0.05) is 12.5 Å². The highest BCUT2D eigenvalue weighted by Gasteiger charge is 2.33. The van der Waals surface area contributed by atoms with Crippen LogP contribution in [-0.2, 0) is 9.47 Å². The predicted molar refractivity (Wildman–Crippen MR) is 84.2 cm³/mol. The van der Waals surface area contributed by atoms with Gasteiger partial charge in [-0.3, -0.25) is 0 Å². The molecule has 1 N–H and O–H groups in total. The summed E-state index contributed by atoms with van der Waals surface area (Å²) in [4.78, 5) is 12.1. The van der Waals surface area contributed by atoms with Gasteiger partial charge in [0.1, 0.15) is 5.60 Å². The molecule has 1 aromatic carbocycles. The highest BCUT2D eigenvalue weighted by molar-refractivity contribution is 5.68. The molecule has 0 spiro atoms. The molecule has 118 valence electrons. The average Bonchev–Trinajstić information content (AvgIpc) is 2.34. The fourth-order valence-corrected chi connectivity index (χ4v) is 2.26. The normalized spacial score (nSPS) is 13.6. The molecule has 0 radical (unpaired) electrons. The van der Waals surface area contributed by atoms with Crippen LogP contribution in [0.3, 0.4) is 0 Å². The Bertz CT molecular complexity index is 449. The van der Waals surface area contributed by atoms with Gasteiger partial charge in [0.2, 0.25) is 0 Å². The molecule has 0 aliphatic heterocycles. The minimum atomic E-state index is -0.517. The number of carbonyl (C=O) groups excluding carboxylic acids is 1. The van der Waals surface area contributed by atoms with Crippen molar-refractivity contribution in [2.45, 2.75) is 46.3 Å². The number of methoxy groups -OCH3 is 1. The van der Waals surface area contributed by atoms with Gasteiger partial charge in [0.25, 0.3) is 0 Å². The first-order valence-electron chi connectivity index (χ1n) is 7.19. The molecule has 0 bridgehead atoms. The highest BCUT2D eigenvalue weighted by atomic mass is 16.6. The first kappa shape index (κ1) is 17.5. The van der Waals surface area contributed by atoms with E-state index in [9.17, 15) is 4.79 Å². The van der Waals surface area contributed by atoms with Crippen molar-refractivity contribution in [1.82, 2.24) is 5.32 Å². The molecule has 0 aliphatic rings. The van der Waals surface area contributed by atoms with Gasteiger partial charge in [-0.25, -0.2) is 4.79 Å². The maximum Gasteiger partial charge on any atom is 0.408 e. The second kappa shape index (κ2) is 6.94. The van der Waals surface area contributed by atoms with E-state index in [1.807, 2.05) is 51.1 Å². The van der Waals surface area contributed by atoms with Gasteiger partial charge in [-0.2, -0.15) is 0 Å². The summed E-state index contributed by atoms with van der Waals surface area (Å²) in [7, 11) is 1.66. The summed E-state index contributed by atoms with van der Waals surface area (Å²) >= 11 is 0. The number of benzene rings is 1. The van der Waals surface area contributed by atoms with E-state index in [-0.39, 0.29) is 11.5 Å². The zero-order valence-corrected chi connectivity index (χ0v) is 13.9. The van der Waals surface area contributed by atoms with Crippen LogP contribution in [0.5, 0.6) is 0 Å². The average molecular weight is 293 g/mol. The predicted octanol–water partition coefficient (Wildman–Crippen LogP) is 3.93. The summed E-state index contributed by atoms with van der Waals surface area (Å²) in [6.45, 7) is 10.2. The second-order valence-electron chi connectivity index (χ2n) is 6.91. The van der Waals surface area contributed by atoms with Crippen molar-refractivity contribution in [2.24, 2.45) is 5.41 Å². The lowest BCUT2D eigenvalue weighted by atomic mass is 9.81. The standard InChI is InChI=1S/C17H27NO3/c1-16(2,3)21-15(19)18-14(17(4,5)12-20-6)13-10-8-7-9-11-13/h7-11,14H,12H2,1-6H3,(H,18,19). The van der Waals surface area contributed by atoms with E-state index in [0.29, 0.717) is 6.61 Å². The Kier molecular flexibility index (Phi) is 5.78. The lowest BCUT2D eigenvalue weighted by Gasteiger charge is -2.35. The van der Waals surface area contributed by atoms with Crippen molar-refractivity contribution < 1.29 is 14.3 Å². The number of carbonyl (C=O) groups is 1. The Morgan fingerprint density at radius 1 is 1.14 bits per heavy atom. The van der Waals surface area contributed by atoms with E-state index >= 15 is 0 Å². The van der Waals surface area contributed by atoms with E-state index in [4.69, 9.17) is 9.47 Å². The smallest absolute Gasteiger partial charge is 0.408 e. The molecule has 1 unspecified atom stereocenters. The van der Waals surface area contributed by atoms with E-state index in [1.54, 1.807) is 7.11 Å². The minimum Gasteiger partial charge on any atom is -0.444 e. The van der Waals surface area contributed by atoms with Crippen LogP contribution in [0.4, 0.5) is 4.79 Å². The molecule has 1 aromatic rings. The number of amides is 1. The molecule has 0 aromatic heterocycles. The number of nitrogens with one attached hydrogen (secondary N) is 1. The van der Waals surface area contributed by atoms with Crippen LogP contribution in [0, 0.1) is 5.41 Å². The van der Waals surface area contributed by atoms with Crippen molar-refractivity contribution in [3.8, 4) is 0 Å². The van der Waals surface area contributed by atoms with Crippen molar-refractivity contribution in [2.75, 3.05) is 13.7 Å². The lowest BCUT2D eigenvalue weighted by Crippen LogP contribution is -2.42. The molecular weight excluding hydrogens is 266 g/mol. The quantitative estimate of drug-likeness (QED) is 0.895. The molecule has 1 rings (SSSR count). The third kappa shape index (κ3) is 5.76. The van der Waals surface area contributed by atoms with Crippen molar-refractivity contribution in [3.63, 3.8) is 0 Å². The molecule has 4 heteroatoms. The summed E-state index contributed by atoms with van der Waals surface area (Å²) in [5, 5.41) is 2.97. The molecule has 0 heterocycles. The summed E-state index contributed by atoms with van der Waals surface area (Å²) < 4.78 is 10.7. The SMILES string of the molecule is COCC(C)(C)C(NC(=O)OC(C)(C)C)c1ccccc1. The zero-order chi connectivity index (χ0) is 16.1. The molecule has 1 amide bonds. The number of ether oxygens (including phenoxy) is 2. The first-order chi connectivity index (χ1) is 9.65. The van der Waals surface area contributed by atoms with E-state index in [2.05, 4.69) is 19.2 Å². The third-order valence-corrected chi connectivity index (χ3v) is 3.09. The van der Waals surface area contributed by atoms with Crippen molar-refractivity contribution in [3.05, 3.63) is 35.9 Å². The van der Waals surface area contributed by atoms with Crippen LogP contribution < -0.4 is 5.32 Å². The number of rotatable bonds is 5. The van der Waals surface area contributed by atoms with Gasteiger partial charge in [-0.15, -0.1) is 0 Å². The maximum absolute atomic E-state index is 12.1. The summed E-state index contributed by atoms with van der Waals surface area (Å²) in [5.74, 6) is 0. The van der Waals surface area contributed by atoms with Crippen LogP contribution in [0.15, 0.2) is 30.3 Å². The Balaban J connectivity index is 2.96. The summed E-state index contributed by atoms with van der Waals surface area (Å²) in [5.41, 5.74) is 0.259. The molecular formula is C17H27NO3. The summed E-state index contributed by atoms with van der Waals surface area (Å²) in [6, 6.07) is 9.69. The second-order valence-corrected chi connectivity index (χ2v) is 6.91. The van der Waals surface area contributed by atoms with Gasteiger partial charge < -0.3 is 14.8 Å². The summed E-state index contributed by atoms with van der Waals surface area (Å²) in [6.07, 6.45) is -0.416. The molecule has 4 nitrogen and oxygen atoms in total. The number of hydrogen-bond acceptors (Lipinski definition) is 3. The third-order valence-electron chi connectivity index (χ3n) is 3.09. The van der Waals surface area contributed by atoms with Crippen molar-refractivity contribution in [1.29, 1.82) is 0 Å². The van der Waals surface area contributed by atoms with Crippen LogP contribution in [0.2, 0.25) is 0 Å². The Morgan fingerprint density at radius 3 is 2.19 bits per heavy atom. The van der Waals surface area contributed by atoms with Gasteiger partial charge in [-0.1, -0.05) is 44.2 Å². The van der Waals surface area contributed by atoms with E-state index < -0.39 is 11.7 Å². The first-order valence-corrected chi connectivity index (χ1v) is 7.19. The Morgan fingerprint density at radius 2 is 1.71 bits per heavy atom. The van der Waals surface area contributed by atoms with Gasteiger partial charge in [0.15, 0.2) is 0 Å². The zero-order valence-electron chi connectivity index (χ0n) is 13.9. The van der Waals surface area contributed by atoms with E-state index in [0.717, 1.165) is 5.56 Å². The highest BCUT2D eigenvalue weighted by Crippen LogP contribution is 2.33. The van der Waals surface area contributed by atoms with Crippen LogP contribution in [0.25, 0.3) is 0 Å². The van der Waals surface area contributed by atoms with Crippen LogP contribution in [0.1, 0.15) is 46.2 Å². The Hall–Kier alpha value is -1.55. The molecule has 1 atom stereocenters. The monoisotopic (exact) mass is 293 g/mol.